The Morgan fingerprint density at radius 2 is 1.78 bits per heavy atom. The molecule has 0 saturated heterocycles. The summed E-state index contributed by atoms with van der Waals surface area (Å²) in [5.74, 6) is 1.24. The number of ether oxygens (including phenoxy) is 2. The number of fused-ring (bicyclic) bond motifs is 5. The van der Waals surface area contributed by atoms with E-state index < -0.39 is 5.41 Å². The van der Waals surface area contributed by atoms with Crippen molar-refractivity contribution in [2.24, 2.45) is 0 Å². The smallest absolute Gasteiger partial charge is 0.246 e. The highest BCUT2D eigenvalue weighted by atomic mass is 16.5. The lowest BCUT2D eigenvalue weighted by Gasteiger charge is -2.25. The van der Waals surface area contributed by atoms with Gasteiger partial charge in [0.05, 0.1) is 6.61 Å². The Bertz CT molecular complexity index is 1260. The number of likely N-dealkylation sites (N-methyl/N-ethyl adjacent to an activating group) is 1. The van der Waals surface area contributed by atoms with Gasteiger partial charge in [-0.25, -0.2) is 0 Å². The maximum Gasteiger partial charge on any atom is 0.246 e. The van der Waals surface area contributed by atoms with Crippen LogP contribution < -0.4 is 19.3 Å². The van der Waals surface area contributed by atoms with Crippen LogP contribution in [-0.4, -0.2) is 38.6 Å². The highest BCUT2D eigenvalue weighted by Gasteiger charge is 2.57. The molecule has 2 amide bonds. The first-order valence-electron chi connectivity index (χ1n) is 10.8. The van der Waals surface area contributed by atoms with Crippen molar-refractivity contribution in [2.75, 3.05) is 36.6 Å². The lowest BCUT2D eigenvalue weighted by atomic mass is 9.76. The molecule has 6 nitrogen and oxygen atoms in total. The van der Waals surface area contributed by atoms with Crippen LogP contribution in [0.25, 0.3) is 0 Å². The molecule has 160 valence electrons. The van der Waals surface area contributed by atoms with Gasteiger partial charge in [0.2, 0.25) is 11.8 Å². The van der Waals surface area contributed by atoms with Crippen molar-refractivity contribution in [2.45, 2.75) is 11.8 Å². The van der Waals surface area contributed by atoms with Crippen LogP contribution in [0.15, 0.2) is 66.7 Å². The van der Waals surface area contributed by atoms with Crippen molar-refractivity contribution in [3.05, 3.63) is 83.4 Å². The molecule has 0 fully saturated rings. The van der Waals surface area contributed by atoms with Crippen LogP contribution in [0, 0.1) is 0 Å². The van der Waals surface area contributed by atoms with Crippen molar-refractivity contribution >= 4 is 23.2 Å². The molecule has 0 aromatic heterocycles. The lowest BCUT2D eigenvalue weighted by Crippen LogP contribution is -2.46. The minimum absolute atomic E-state index is 0.0353. The molecule has 3 heterocycles. The highest BCUT2D eigenvalue weighted by molar-refractivity contribution is 6.14. The maximum atomic E-state index is 14.0. The van der Waals surface area contributed by atoms with E-state index in [9.17, 15) is 9.59 Å². The second-order valence-corrected chi connectivity index (χ2v) is 8.45. The summed E-state index contributed by atoms with van der Waals surface area (Å²) in [7, 11) is 1.73. The number of benzene rings is 3. The molecule has 0 N–H and O–H groups in total. The fourth-order valence-corrected chi connectivity index (χ4v) is 5.04. The van der Waals surface area contributed by atoms with Crippen molar-refractivity contribution in [1.29, 1.82) is 0 Å². The van der Waals surface area contributed by atoms with Gasteiger partial charge in [0.15, 0.2) is 0 Å². The Kier molecular flexibility index (Phi) is 4.05. The summed E-state index contributed by atoms with van der Waals surface area (Å²) in [5, 5.41) is 0. The zero-order chi connectivity index (χ0) is 21.9. The molecule has 3 aliphatic rings. The third-order valence-corrected chi connectivity index (χ3v) is 6.77. The van der Waals surface area contributed by atoms with E-state index in [1.807, 2.05) is 60.7 Å². The van der Waals surface area contributed by atoms with Crippen LogP contribution >= 0.6 is 0 Å². The van der Waals surface area contributed by atoms with Crippen LogP contribution in [0.5, 0.6) is 11.5 Å². The Morgan fingerprint density at radius 3 is 2.62 bits per heavy atom. The number of amides is 2. The van der Waals surface area contributed by atoms with Gasteiger partial charge in [-0.2, -0.15) is 0 Å². The topological polar surface area (TPSA) is 59.1 Å². The van der Waals surface area contributed by atoms with Gasteiger partial charge in [0, 0.05) is 36.5 Å². The standard InChI is InChI=1S/C26H22N2O4/c1-27(18-7-3-2-4-8-18)24(29)15-28-21-10-6-5-9-19(21)26(25(28)30)16-32-23-14-22-17(11-12-31-22)13-20(23)26/h2-10,13-14H,11-12,15-16H2,1H3. The average Bonchev–Trinajstić information content (AvgIpc) is 3.50. The van der Waals surface area contributed by atoms with Gasteiger partial charge < -0.3 is 19.3 Å². The molecule has 6 rings (SSSR count). The largest absolute Gasteiger partial charge is 0.493 e. The summed E-state index contributed by atoms with van der Waals surface area (Å²) < 4.78 is 11.7. The molecule has 1 spiro atoms. The van der Waals surface area contributed by atoms with E-state index in [-0.39, 0.29) is 25.0 Å². The zero-order valence-corrected chi connectivity index (χ0v) is 17.7. The molecule has 6 heteroatoms. The number of nitrogens with zero attached hydrogens (tertiary/aromatic N) is 2. The summed E-state index contributed by atoms with van der Waals surface area (Å²) in [5.41, 5.74) is 3.47. The quantitative estimate of drug-likeness (QED) is 0.645. The van der Waals surface area contributed by atoms with Gasteiger partial charge >= 0.3 is 0 Å². The fraction of sp³-hybridized carbons (Fsp3) is 0.231. The minimum atomic E-state index is -0.935. The molecule has 0 saturated carbocycles. The SMILES string of the molecule is CN(C(=O)CN1C(=O)C2(COc3cc4c(cc32)CCO4)c2ccccc21)c1ccccc1. The molecule has 3 aliphatic heterocycles. The first-order valence-corrected chi connectivity index (χ1v) is 10.8. The van der Waals surface area contributed by atoms with Crippen LogP contribution in [0.2, 0.25) is 0 Å². The molecule has 1 atom stereocenters. The lowest BCUT2D eigenvalue weighted by molar-refractivity contribution is -0.124. The molecule has 3 aromatic carbocycles. The van der Waals surface area contributed by atoms with Crippen molar-refractivity contribution in [1.82, 2.24) is 0 Å². The summed E-state index contributed by atoms with van der Waals surface area (Å²) >= 11 is 0. The van der Waals surface area contributed by atoms with E-state index in [0.717, 1.165) is 40.2 Å². The van der Waals surface area contributed by atoms with Gasteiger partial charge in [0.25, 0.3) is 0 Å². The van der Waals surface area contributed by atoms with Crippen molar-refractivity contribution in [3.8, 4) is 11.5 Å². The third-order valence-electron chi connectivity index (χ3n) is 6.77. The third kappa shape index (κ3) is 2.52. The molecular weight excluding hydrogens is 404 g/mol. The second kappa shape index (κ2) is 6.85. The normalized spacial score (nSPS) is 19.9. The maximum absolute atomic E-state index is 14.0. The predicted octanol–water partition coefficient (Wildman–Crippen LogP) is 3.31. The minimum Gasteiger partial charge on any atom is -0.493 e. The predicted molar refractivity (Wildman–Crippen MR) is 121 cm³/mol. The number of hydrogen-bond acceptors (Lipinski definition) is 4. The van der Waals surface area contributed by atoms with E-state index in [1.165, 1.54) is 0 Å². The van der Waals surface area contributed by atoms with Crippen LogP contribution in [0.4, 0.5) is 11.4 Å². The molecule has 3 aromatic rings. The summed E-state index contributed by atoms with van der Waals surface area (Å²) in [6, 6.07) is 21.1. The Labute approximate surface area is 186 Å². The van der Waals surface area contributed by atoms with E-state index in [1.54, 1.807) is 16.8 Å². The van der Waals surface area contributed by atoms with E-state index in [2.05, 4.69) is 6.07 Å². The molecule has 32 heavy (non-hydrogen) atoms. The van der Waals surface area contributed by atoms with Gasteiger partial charge in [0.1, 0.15) is 30.1 Å². The molecule has 0 bridgehead atoms. The number of hydrogen-bond donors (Lipinski definition) is 0. The monoisotopic (exact) mass is 426 g/mol. The Hall–Kier alpha value is -3.80. The van der Waals surface area contributed by atoms with E-state index in [4.69, 9.17) is 9.47 Å². The Morgan fingerprint density at radius 1 is 1.00 bits per heavy atom. The van der Waals surface area contributed by atoms with Crippen molar-refractivity contribution in [3.63, 3.8) is 0 Å². The summed E-state index contributed by atoms with van der Waals surface area (Å²) in [6.07, 6.45) is 0.818. The molecule has 0 radical (unpaired) electrons. The summed E-state index contributed by atoms with van der Waals surface area (Å²) in [4.78, 5) is 30.3. The second-order valence-electron chi connectivity index (χ2n) is 8.45. The average molecular weight is 426 g/mol. The zero-order valence-electron chi connectivity index (χ0n) is 17.7. The van der Waals surface area contributed by atoms with Crippen LogP contribution in [0.3, 0.4) is 0 Å². The van der Waals surface area contributed by atoms with Crippen LogP contribution in [-0.2, 0) is 21.4 Å². The summed E-state index contributed by atoms with van der Waals surface area (Å²) in [6.45, 7) is 0.828. The molecular formula is C26H22N2O4. The first-order chi connectivity index (χ1) is 15.6. The van der Waals surface area contributed by atoms with Gasteiger partial charge in [-0.3, -0.25) is 9.59 Å². The van der Waals surface area contributed by atoms with E-state index in [0.29, 0.717) is 12.4 Å². The molecule has 1 unspecified atom stereocenters. The van der Waals surface area contributed by atoms with E-state index >= 15 is 0 Å². The highest BCUT2D eigenvalue weighted by Crippen LogP contribution is 2.53. The fourth-order valence-electron chi connectivity index (χ4n) is 5.04. The van der Waals surface area contributed by atoms with Gasteiger partial charge in [-0.1, -0.05) is 36.4 Å². The van der Waals surface area contributed by atoms with Gasteiger partial charge in [-0.15, -0.1) is 0 Å². The number of carbonyl (C=O) groups excluding carboxylic acids is 2. The number of para-hydroxylation sites is 2. The van der Waals surface area contributed by atoms with Gasteiger partial charge in [-0.05, 0) is 35.4 Å². The van der Waals surface area contributed by atoms with Crippen LogP contribution in [0.1, 0.15) is 16.7 Å². The Balaban J connectivity index is 1.40. The number of rotatable bonds is 3. The first kappa shape index (κ1) is 18.9. The van der Waals surface area contributed by atoms with Crippen molar-refractivity contribution < 1.29 is 19.1 Å². The molecule has 0 aliphatic carbocycles. The number of carbonyl (C=O) groups is 2. The number of anilines is 2.